The fraction of sp³-hybridized carbons (Fsp3) is 0.500. The summed E-state index contributed by atoms with van der Waals surface area (Å²) in [6.07, 6.45) is 4.82. The van der Waals surface area contributed by atoms with E-state index in [2.05, 4.69) is 10.6 Å². The highest BCUT2D eigenvalue weighted by molar-refractivity contribution is 6.06. The lowest BCUT2D eigenvalue weighted by Crippen LogP contribution is -2.36. The zero-order valence-corrected chi connectivity index (χ0v) is 16.5. The largest absolute Gasteiger partial charge is 0.349 e. The van der Waals surface area contributed by atoms with Crippen LogP contribution < -0.4 is 10.6 Å². The summed E-state index contributed by atoms with van der Waals surface area (Å²) in [4.78, 5) is 50.8. The smallest absolute Gasteiger partial charge is 0.326 e. The van der Waals surface area contributed by atoms with E-state index in [0.29, 0.717) is 0 Å². The highest BCUT2D eigenvalue weighted by Crippen LogP contribution is 2.21. The first-order chi connectivity index (χ1) is 13.8. The van der Waals surface area contributed by atoms with E-state index in [1.165, 1.54) is 25.1 Å². The zero-order valence-electron chi connectivity index (χ0n) is 16.5. The molecule has 5 amide bonds. The number of carbonyl (C=O) groups excluding carboxylic acids is 4. The van der Waals surface area contributed by atoms with Gasteiger partial charge in [-0.25, -0.2) is 9.18 Å². The van der Waals surface area contributed by atoms with E-state index in [-0.39, 0.29) is 29.6 Å². The van der Waals surface area contributed by atoms with E-state index < -0.39 is 29.7 Å². The van der Waals surface area contributed by atoms with Crippen molar-refractivity contribution in [1.29, 1.82) is 0 Å². The predicted octanol–water partition coefficient (Wildman–Crippen LogP) is 2.11. The molecule has 1 aromatic carbocycles. The number of imide groups is 1. The normalized spacial score (nSPS) is 20.2. The molecule has 2 aliphatic rings. The van der Waals surface area contributed by atoms with Crippen LogP contribution in [0, 0.1) is 5.82 Å². The second-order valence-corrected chi connectivity index (χ2v) is 7.60. The Morgan fingerprint density at radius 1 is 1.10 bits per heavy atom. The van der Waals surface area contributed by atoms with E-state index >= 15 is 0 Å². The van der Waals surface area contributed by atoms with Gasteiger partial charge < -0.3 is 15.5 Å². The molecule has 156 valence electrons. The lowest BCUT2D eigenvalue weighted by molar-refractivity contribution is -0.129. The molecule has 1 aromatic rings. The monoisotopic (exact) mass is 404 g/mol. The number of nitrogens with zero attached hydrogens (tertiary/aromatic N) is 2. The Morgan fingerprint density at radius 2 is 1.79 bits per heavy atom. The molecule has 1 unspecified atom stereocenters. The molecule has 1 saturated heterocycles. The maximum absolute atomic E-state index is 14.0. The lowest BCUT2D eigenvalue weighted by Gasteiger charge is -2.23. The molecular formula is C20H25FN4O4. The second kappa shape index (κ2) is 8.59. The first kappa shape index (κ1) is 20.8. The molecule has 2 fully saturated rings. The minimum absolute atomic E-state index is 0.0796. The summed E-state index contributed by atoms with van der Waals surface area (Å²) in [6.45, 7) is 0. The summed E-state index contributed by atoms with van der Waals surface area (Å²) < 4.78 is 14.0. The van der Waals surface area contributed by atoms with E-state index in [1.807, 2.05) is 0 Å². The number of carbonyl (C=O) groups is 4. The Kier molecular flexibility index (Phi) is 6.14. The van der Waals surface area contributed by atoms with Crippen LogP contribution in [0.1, 0.15) is 48.9 Å². The van der Waals surface area contributed by atoms with Gasteiger partial charge in [0.15, 0.2) is 0 Å². The van der Waals surface area contributed by atoms with E-state index in [0.717, 1.165) is 49.1 Å². The third-order valence-electron chi connectivity index (χ3n) is 5.43. The molecule has 1 atom stereocenters. The lowest BCUT2D eigenvalue weighted by atomic mass is 9.95. The molecule has 1 saturated carbocycles. The van der Waals surface area contributed by atoms with Crippen LogP contribution in [0.15, 0.2) is 18.2 Å². The van der Waals surface area contributed by atoms with Gasteiger partial charge in [0.1, 0.15) is 11.9 Å². The number of anilines is 1. The van der Waals surface area contributed by atoms with Crippen molar-refractivity contribution in [2.24, 2.45) is 0 Å². The molecule has 0 aromatic heterocycles. The summed E-state index contributed by atoms with van der Waals surface area (Å²) in [7, 11) is 2.79. The number of hydrogen-bond donors (Lipinski definition) is 2. The summed E-state index contributed by atoms with van der Waals surface area (Å²) in [5.41, 5.74) is 0.242. The topological polar surface area (TPSA) is 98.8 Å². The van der Waals surface area contributed by atoms with Crippen molar-refractivity contribution < 1.29 is 23.6 Å². The Bertz CT molecular complexity index is 838. The van der Waals surface area contributed by atoms with E-state index in [1.54, 1.807) is 0 Å². The molecule has 0 spiro atoms. The van der Waals surface area contributed by atoms with Gasteiger partial charge in [-0.2, -0.15) is 0 Å². The average Bonchev–Trinajstić information content (AvgIpc) is 2.86. The van der Waals surface area contributed by atoms with Crippen molar-refractivity contribution in [2.45, 2.75) is 50.6 Å². The van der Waals surface area contributed by atoms with Gasteiger partial charge in [-0.1, -0.05) is 19.3 Å². The average molecular weight is 404 g/mol. The summed E-state index contributed by atoms with van der Waals surface area (Å²) >= 11 is 0. The molecule has 1 heterocycles. The minimum atomic E-state index is -0.907. The van der Waals surface area contributed by atoms with Crippen LogP contribution in [0.4, 0.5) is 14.9 Å². The van der Waals surface area contributed by atoms with E-state index in [9.17, 15) is 23.6 Å². The third kappa shape index (κ3) is 4.72. The number of benzene rings is 1. The standard InChI is InChI=1S/C20H25FN4O4/c1-24-16(19(28)25(2)20(24)29)11-17(26)22-15-9-12(8-13(21)10-15)18(27)23-14-6-4-3-5-7-14/h8-10,14,16H,3-7,11H2,1-2H3,(H,22,26)(H,23,27). The number of rotatable bonds is 5. The number of nitrogens with one attached hydrogen (secondary N) is 2. The highest BCUT2D eigenvalue weighted by atomic mass is 19.1. The van der Waals surface area contributed by atoms with Gasteiger partial charge >= 0.3 is 6.03 Å². The molecule has 29 heavy (non-hydrogen) atoms. The van der Waals surface area contributed by atoms with Crippen LogP contribution in [0.25, 0.3) is 0 Å². The first-order valence-corrected chi connectivity index (χ1v) is 9.72. The van der Waals surface area contributed by atoms with Crippen LogP contribution in [0.2, 0.25) is 0 Å². The Labute approximate surface area is 168 Å². The van der Waals surface area contributed by atoms with Crippen molar-refractivity contribution in [3.63, 3.8) is 0 Å². The Morgan fingerprint density at radius 3 is 2.41 bits per heavy atom. The van der Waals surface area contributed by atoms with Crippen molar-refractivity contribution in [3.05, 3.63) is 29.6 Å². The van der Waals surface area contributed by atoms with Crippen LogP contribution in [0.5, 0.6) is 0 Å². The zero-order chi connectivity index (χ0) is 21.1. The third-order valence-corrected chi connectivity index (χ3v) is 5.43. The highest BCUT2D eigenvalue weighted by Gasteiger charge is 2.41. The maximum atomic E-state index is 14.0. The maximum Gasteiger partial charge on any atom is 0.326 e. The van der Waals surface area contributed by atoms with Crippen molar-refractivity contribution in [1.82, 2.24) is 15.1 Å². The number of urea groups is 1. The molecule has 2 N–H and O–H groups in total. The fourth-order valence-corrected chi connectivity index (χ4v) is 3.77. The minimum Gasteiger partial charge on any atom is -0.349 e. The molecule has 9 heteroatoms. The van der Waals surface area contributed by atoms with Gasteiger partial charge in [-0.3, -0.25) is 19.3 Å². The molecule has 0 bridgehead atoms. The van der Waals surface area contributed by atoms with Gasteiger partial charge in [0.25, 0.3) is 11.8 Å². The SMILES string of the molecule is CN1C(=O)C(CC(=O)Nc2cc(F)cc(C(=O)NC3CCCCC3)c2)N(C)C1=O. The van der Waals surface area contributed by atoms with Gasteiger partial charge in [-0.15, -0.1) is 0 Å². The van der Waals surface area contributed by atoms with Gasteiger partial charge in [0.2, 0.25) is 5.91 Å². The van der Waals surface area contributed by atoms with Gasteiger partial charge in [0, 0.05) is 31.4 Å². The quantitative estimate of drug-likeness (QED) is 0.735. The van der Waals surface area contributed by atoms with Crippen molar-refractivity contribution >= 4 is 29.4 Å². The summed E-state index contributed by atoms with van der Waals surface area (Å²) in [6, 6.07) is 2.31. The van der Waals surface area contributed by atoms with Crippen LogP contribution in [0.3, 0.4) is 0 Å². The molecular weight excluding hydrogens is 379 g/mol. The van der Waals surface area contributed by atoms with Gasteiger partial charge in [-0.05, 0) is 31.0 Å². The molecule has 1 aliphatic carbocycles. The Balaban J connectivity index is 1.65. The predicted molar refractivity (Wildman–Crippen MR) is 104 cm³/mol. The van der Waals surface area contributed by atoms with Crippen molar-refractivity contribution in [2.75, 3.05) is 19.4 Å². The number of hydrogen-bond acceptors (Lipinski definition) is 4. The van der Waals surface area contributed by atoms with E-state index in [4.69, 9.17) is 0 Å². The Hall–Kier alpha value is -2.97. The summed E-state index contributed by atoms with van der Waals surface area (Å²) in [5.74, 6) is -2.06. The van der Waals surface area contributed by atoms with Crippen molar-refractivity contribution in [3.8, 4) is 0 Å². The molecule has 1 aliphatic heterocycles. The number of halogens is 1. The summed E-state index contributed by atoms with van der Waals surface area (Å²) in [5, 5.41) is 5.42. The second-order valence-electron chi connectivity index (χ2n) is 7.60. The van der Waals surface area contributed by atoms with Gasteiger partial charge in [0.05, 0.1) is 6.42 Å². The van der Waals surface area contributed by atoms with Crippen LogP contribution in [-0.2, 0) is 9.59 Å². The fourth-order valence-electron chi connectivity index (χ4n) is 3.77. The molecule has 8 nitrogen and oxygen atoms in total. The van der Waals surface area contributed by atoms with Crippen LogP contribution >= 0.6 is 0 Å². The molecule has 0 radical (unpaired) electrons. The molecule has 3 rings (SSSR count). The van der Waals surface area contributed by atoms with Crippen LogP contribution in [-0.4, -0.2) is 59.7 Å². The number of amides is 5. The first-order valence-electron chi connectivity index (χ1n) is 9.72. The number of likely N-dealkylation sites (N-methyl/N-ethyl adjacent to an activating group) is 2.